The van der Waals surface area contributed by atoms with Gasteiger partial charge < -0.3 is 5.73 Å². The Balaban J connectivity index is 1.95. The summed E-state index contributed by atoms with van der Waals surface area (Å²) < 4.78 is 4.46. The second-order valence-electron chi connectivity index (χ2n) is 3.94. The minimum Gasteiger partial charge on any atom is -0.378 e. The molecular formula is C12H9N5O2S. The fourth-order valence-electron chi connectivity index (χ4n) is 1.73. The first-order valence-electron chi connectivity index (χ1n) is 5.62. The van der Waals surface area contributed by atoms with Gasteiger partial charge in [0.05, 0.1) is 4.91 Å². The summed E-state index contributed by atoms with van der Waals surface area (Å²) in [5.74, 6) is -0.347. The van der Waals surface area contributed by atoms with Crippen molar-refractivity contribution in [2.24, 2.45) is 0 Å². The molecule has 100 valence electrons. The molecule has 0 aliphatic carbocycles. The third-order valence-corrected chi connectivity index (χ3v) is 3.52. The van der Waals surface area contributed by atoms with Crippen LogP contribution in [0, 0.1) is 5.41 Å². The first-order chi connectivity index (χ1) is 9.66. The van der Waals surface area contributed by atoms with E-state index in [0.29, 0.717) is 4.91 Å². The average molecular weight is 287 g/mol. The molecule has 1 amide bonds. The van der Waals surface area contributed by atoms with Gasteiger partial charge in [-0.15, -0.1) is 0 Å². The predicted octanol–water partition coefficient (Wildman–Crippen LogP) is 1.71. The molecule has 7 nitrogen and oxygen atoms in total. The minimum absolute atomic E-state index is 0.0135. The lowest BCUT2D eigenvalue weighted by atomic mass is 10.2. The number of nitrogen functional groups attached to an aromatic ring is 1. The van der Waals surface area contributed by atoms with Gasteiger partial charge in [0.1, 0.15) is 0 Å². The molecule has 3 rings (SSSR count). The number of nitrogens with zero attached hydrogens (tertiary/aromatic N) is 3. The van der Waals surface area contributed by atoms with E-state index in [1.54, 1.807) is 6.08 Å². The summed E-state index contributed by atoms with van der Waals surface area (Å²) in [6, 6.07) is 9.39. The topological polar surface area (TPSA) is 109 Å². The highest BCUT2D eigenvalue weighted by Crippen LogP contribution is 2.35. The quantitative estimate of drug-likeness (QED) is 0.814. The van der Waals surface area contributed by atoms with Crippen LogP contribution in [0.15, 0.2) is 39.9 Å². The van der Waals surface area contributed by atoms with Crippen molar-refractivity contribution < 1.29 is 9.42 Å². The van der Waals surface area contributed by atoms with Crippen molar-refractivity contribution in [3.8, 4) is 0 Å². The average Bonchev–Trinajstić information content (AvgIpc) is 2.96. The number of amides is 1. The molecule has 2 heterocycles. The van der Waals surface area contributed by atoms with Gasteiger partial charge in [-0.05, 0) is 33.7 Å². The number of carbonyl (C=O) groups excluding carboxylic acids is 1. The molecule has 1 aromatic heterocycles. The van der Waals surface area contributed by atoms with E-state index in [0.717, 1.165) is 22.2 Å². The highest BCUT2D eigenvalue weighted by molar-refractivity contribution is 8.19. The zero-order chi connectivity index (χ0) is 14.1. The van der Waals surface area contributed by atoms with Crippen molar-refractivity contribution in [2.75, 3.05) is 10.6 Å². The maximum Gasteiger partial charge on any atom is 0.272 e. The molecule has 0 radical (unpaired) electrons. The lowest BCUT2D eigenvalue weighted by Gasteiger charge is -2.08. The molecule has 20 heavy (non-hydrogen) atoms. The Morgan fingerprint density at radius 3 is 2.70 bits per heavy atom. The predicted molar refractivity (Wildman–Crippen MR) is 75.9 cm³/mol. The molecule has 1 fully saturated rings. The first-order valence-corrected chi connectivity index (χ1v) is 6.44. The van der Waals surface area contributed by atoms with Crippen LogP contribution in [-0.2, 0) is 4.79 Å². The van der Waals surface area contributed by atoms with Gasteiger partial charge in [0.2, 0.25) is 11.6 Å². The lowest BCUT2D eigenvalue weighted by molar-refractivity contribution is -0.113. The lowest BCUT2D eigenvalue weighted by Crippen LogP contribution is -2.29. The fourth-order valence-corrected chi connectivity index (χ4v) is 2.57. The number of amidine groups is 1. The van der Waals surface area contributed by atoms with Crippen molar-refractivity contribution in [1.29, 1.82) is 5.41 Å². The fraction of sp³-hybridized carbons (Fsp3) is 0. The van der Waals surface area contributed by atoms with Crippen LogP contribution in [0.5, 0.6) is 0 Å². The molecule has 0 unspecified atom stereocenters. The molecule has 1 saturated heterocycles. The normalized spacial score (nSPS) is 17.2. The third kappa shape index (κ3) is 2.05. The number of benzene rings is 1. The second kappa shape index (κ2) is 4.82. The van der Waals surface area contributed by atoms with Crippen molar-refractivity contribution in [3.63, 3.8) is 0 Å². The second-order valence-corrected chi connectivity index (χ2v) is 4.97. The van der Waals surface area contributed by atoms with Gasteiger partial charge in [0.25, 0.3) is 5.91 Å². The molecule has 0 spiro atoms. The summed E-state index contributed by atoms with van der Waals surface area (Å²) in [6.07, 6.45) is 1.71. The summed E-state index contributed by atoms with van der Waals surface area (Å²) in [5, 5.41) is 14.8. The largest absolute Gasteiger partial charge is 0.378 e. The number of hydrogen-bond donors (Lipinski definition) is 2. The van der Waals surface area contributed by atoms with Crippen molar-refractivity contribution in [3.05, 3.63) is 40.8 Å². The Hall–Kier alpha value is -2.61. The van der Waals surface area contributed by atoms with Gasteiger partial charge in [0, 0.05) is 0 Å². The summed E-state index contributed by atoms with van der Waals surface area (Å²) in [4.78, 5) is 13.8. The van der Waals surface area contributed by atoms with Crippen LogP contribution in [-0.4, -0.2) is 21.4 Å². The van der Waals surface area contributed by atoms with E-state index in [-0.39, 0.29) is 22.7 Å². The number of hydrogen-bond acceptors (Lipinski definition) is 7. The Morgan fingerprint density at radius 1 is 1.30 bits per heavy atom. The monoisotopic (exact) mass is 287 g/mol. The SMILES string of the molecule is N=C1SC(=Cc2ccccc2)C(=O)N1c1nonc1N. The standard InChI is InChI=1S/C12H9N5O2S/c13-9-10(16-19-15-9)17-11(18)8(20-12(17)14)6-7-4-2-1-3-5-7/h1-6,14H,(H2,13,15). The maximum atomic E-state index is 12.3. The highest BCUT2D eigenvalue weighted by atomic mass is 32.2. The Kier molecular flexibility index (Phi) is 2.99. The summed E-state index contributed by atoms with van der Waals surface area (Å²) in [5.41, 5.74) is 6.44. The van der Waals surface area contributed by atoms with Crippen molar-refractivity contribution in [1.82, 2.24) is 10.3 Å². The number of nitrogens with one attached hydrogen (secondary N) is 1. The van der Waals surface area contributed by atoms with E-state index in [4.69, 9.17) is 11.1 Å². The van der Waals surface area contributed by atoms with Gasteiger partial charge >= 0.3 is 0 Å². The number of carbonyl (C=O) groups is 1. The summed E-state index contributed by atoms with van der Waals surface area (Å²) >= 11 is 1.04. The van der Waals surface area contributed by atoms with Gasteiger partial charge in [-0.25, -0.2) is 9.53 Å². The maximum absolute atomic E-state index is 12.3. The molecule has 8 heteroatoms. The zero-order valence-electron chi connectivity index (χ0n) is 10.1. The van der Waals surface area contributed by atoms with Crippen molar-refractivity contribution in [2.45, 2.75) is 0 Å². The molecule has 2 aromatic rings. The minimum atomic E-state index is -0.369. The van der Waals surface area contributed by atoms with Gasteiger partial charge in [-0.1, -0.05) is 30.3 Å². The molecular weight excluding hydrogens is 278 g/mol. The molecule has 0 saturated carbocycles. The number of thioether (sulfide) groups is 1. The molecule has 0 bridgehead atoms. The van der Waals surface area contributed by atoms with Gasteiger partial charge in [0.15, 0.2) is 5.17 Å². The molecule has 0 atom stereocenters. The van der Waals surface area contributed by atoms with E-state index < -0.39 is 0 Å². The molecule has 1 aliphatic heterocycles. The van der Waals surface area contributed by atoms with Gasteiger partial charge in [-0.3, -0.25) is 10.2 Å². The summed E-state index contributed by atoms with van der Waals surface area (Å²) in [6.45, 7) is 0. The number of aromatic nitrogens is 2. The van der Waals surface area contributed by atoms with E-state index in [1.165, 1.54) is 0 Å². The zero-order valence-corrected chi connectivity index (χ0v) is 10.9. The van der Waals surface area contributed by atoms with Crippen LogP contribution in [0.4, 0.5) is 11.6 Å². The van der Waals surface area contributed by atoms with Gasteiger partial charge in [-0.2, -0.15) is 0 Å². The van der Waals surface area contributed by atoms with E-state index in [2.05, 4.69) is 14.9 Å². The number of anilines is 2. The smallest absolute Gasteiger partial charge is 0.272 e. The third-order valence-electron chi connectivity index (χ3n) is 2.63. The molecule has 1 aromatic carbocycles. The first kappa shape index (κ1) is 12.4. The van der Waals surface area contributed by atoms with Crippen LogP contribution < -0.4 is 10.6 Å². The molecule has 1 aliphatic rings. The highest BCUT2D eigenvalue weighted by Gasteiger charge is 2.37. The summed E-state index contributed by atoms with van der Waals surface area (Å²) in [7, 11) is 0. The Morgan fingerprint density at radius 2 is 2.05 bits per heavy atom. The molecule has 3 N–H and O–H groups in total. The van der Waals surface area contributed by atoms with Crippen LogP contribution in [0.3, 0.4) is 0 Å². The van der Waals surface area contributed by atoms with Crippen LogP contribution in [0.1, 0.15) is 5.56 Å². The van der Waals surface area contributed by atoms with Crippen LogP contribution in [0.2, 0.25) is 0 Å². The van der Waals surface area contributed by atoms with E-state index in [1.807, 2.05) is 30.3 Å². The van der Waals surface area contributed by atoms with E-state index in [9.17, 15) is 4.79 Å². The van der Waals surface area contributed by atoms with E-state index >= 15 is 0 Å². The number of nitrogens with two attached hydrogens (primary N) is 1. The number of rotatable bonds is 2. The Bertz CT molecular complexity index is 710. The van der Waals surface area contributed by atoms with Crippen LogP contribution in [0.25, 0.3) is 6.08 Å². The Labute approximate surface area is 117 Å². The van der Waals surface area contributed by atoms with Crippen LogP contribution >= 0.6 is 11.8 Å². The van der Waals surface area contributed by atoms with Crippen molar-refractivity contribution >= 4 is 40.5 Å².